The largest absolute Gasteiger partial charge is 0.256 e. The lowest BCUT2D eigenvalue weighted by molar-refractivity contribution is 1.38. The second kappa shape index (κ2) is 23.4. The zero-order valence-electron chi connectivity index (χ0n) is 49.1. The summed E-state index contributed by atoms with van der Waals surface area (Å²) in [6.07, 6.45) is 1.95. The molecule has 13 aromatic carbocycles. The molecule has 0 radical (unpaired) electrons. The van der Waals surface area contributed by atoms with Crippen molar-refractivity contribution in [2.75, 3.05) is 0 Å². The van der Waals surface area contributed by atoms with Crippen LogP contribution in [-0.2, 0) is 0 Å². The molecule has 0 amide bonds. The third-order valence-corrected chi connectivity index (χ3v) is 17.4. The van der Waals surface area contributed by atoms with Gasteiger partial charge in [0, 0.05) is 60.8 Å². The summed E-state index contributed by atoms with van der Waals surface area (Å²) in [5, 5.41) is 9.32. The van der Waals surface area contributed by atoms with Crippen LogP contribution in [0.5, 0.6) is 0 Å². The van der Waals surface area contributed by atoms with E-state index in [4.69, 9.17) is 15.0 Å². The minimum Gasteiger partial charge on any atom is -0.256 e. The molecule has 90 heavy (non-hydrogen) atoms. The van der Waals surface area contributed by atoms with Crippen LogP contribution in [0.1, 0.15) is 0 Å². The Morgan fingerprint density at radius 3 is 0.911 bits per heavy atom. The van der Waals surface area contributed by atoms with Crippen molar-refractivity contribution in [3.63, 3.8) is 0 Å². The molecule has 0 spiro atoms. The van der Waals surface area contributed by atoms with Gasteiger partial charge >= 0.3 is 0 Å². The van der Waals surface area contributed by atoms with Crippen LogP contribution < -0.4 is 0 Å². The topological polar surface area (TPSA) is 51.6 Å². The number of hydrogen-bond donors (Lipinski definition) is 0. The van der Waals surface area contributed by atoms with Gasteiger partial charge in [-0.2, -0.15) is 0 Å². The number of pyridine rings is 4. The molecular weight excluding hydrogens is 1090 g/mol. The molecule has 17 aromatic rings. The van der Waals surface area contributed by atoms with E-state index in [1.807, 2.05) is 18.3 Å². The summed E-state index contributed by atoms with van der Waals surface area (Å²) < 4.78 is 0. The minimum atomic E-state index is 0.946. The van der Waals surface area contributed by atoms with Crippen LogP contribution in [0.3, 0.4) is 0 Å². The highest BCUT2D eigenvalue weighted by Crippen LogP contribution is 2.43. The summed E-state index contributed by atoms with van der Waals surface area (Å²) in [6.45, 7) is 0. The number of para-hydroxylation sites is 2. The normalized spacial score (nSPS) is 11.3. The van der Waals surface area contributed by atoms with Crippen LogP contribution in [0.2, 0.25) is 0 Å². The zero-order valence-corrected chi connectivity index (χ0v) is 49.1. The standard InChI is InChI=1S/C46H30N2.C40H26N2/c1-4-14-31(15-5-1)39-28-42-41(33-18-8-3-9-19-33)30-45(48-46(42)38-22-11-10-20-36(38)39)35-26-24-34(25-27-35)44-29-40(32-16-6-2-7-17-32)37-21-12-13-23-43(37)47-44;1-3-11-28(12-4-1)35-24-37-36(29-13-5-2-6-14-29)25-39(42-40(37)34-17-9-8-16-33(34)35)30-21-19-27(20-22-30)32-23-31-15-7-10-18-38(31)41-26-32/h1-30H;1-26H. The van der Waals surface area contributed by atoms with E-state index >= 15 is 0 Å². The average molecular weight is 1150 g/mol. The summed E-state index contributed by atoms with van der Waals surface area (Å²) >= 11 is 0. The molecule has 0 unspecified atom stereocenters. The molecule has 0 saturated carbocycles. The van der Waals surface area contributed by atoms with Gasteiger partial charge in [-0.05, 0) is 121 Å². The molecule has 17 rings (SSSR count). The van der Waals surface area contributed by atoms with Gasteiger partial charge in [-0.3, -0.25) is 4.98 Å². The van der Waals surface area contributed by atoms with Crippen molar-refractivity contribution in [2.24, 2.45) is 0 Å². The highest BCUT2D eigenvalue weighted by molar-refractivity contribution is 6.18. The monoisotopic (exact) mass is 1140 g/mol. The van der Waals surface area contributed by atoms with Gasteiger partial charge in [0.05, 0.1) is 39.1 Å². The summed E-state index contributed by atoms with van der Waals surface area (Å²) in [7, 11) is 0. The van der Waals surface area contributed by atoms with Crippen molar-refractivity contribution >= 4 is 65.2 Å². The number of benzene rings is 13. The number of rotatable bonds is 9. The molecule has 0 saturated heterocycles. The fraction of sp³-hybridized carbons (Fsp3) is 0. The Kier molecular flexibility index (Phi) is 13.9. The average Bonchev–Trinajstić information content (AvgIpc) is 0.905. The van der Waals surface area contributed by atoms with Crippen LogP contribution in [0, 0.1) is 0 Å². The highest BCUT2D eigenvalue weighted by Gasteiger charge is 2.19. The number of aromatic nitrogens is 4. The molecule has 0 aliphatic carbocycles. The Labute approximate surface area is 522 Å². The molecule has 4 aromatic heterocycles. The predicted molar refractivity (Wildman–Crippen MR) is 378 cm³/mol. The Bertz CT molecular complexity index is 5480. The lowest BCUT2D eigenvalue weighted by Gasteiger charge is -2.16. The van der Waals surface area contributed by atoms with Crippen LogP contribution in [0.4, 0.5) is 0 Å². The number of fused-ring (bicyclic) bond motifs is 8. The van der Waals surface area contributed by atoms with Gasteiger partial charge in [0.1, 0.15) is 0 Å². The van der Waals surface area contributed by atoms with Crippen LogP contribution >= 0.6 is 0 Å². The van der Waals surface area contributed by atoms with E-state index in [0.717, 1.165) is 99.3 Å². The number of nitrogens with zero attached hydrogens (tertiary/aromatic N) is 4. The van der Waals surface area contributed by atoms with Gasteiger partial charge in [0.2, 0.25) is 0 Å². The molecule has 0 aliphatic rings. The van der Waals surface area contributed by atoms with Crippen LogP contribution in [0.25, 0.3) is 166 Å². The molecule has 4 nitrogen and oxygen atoms in total. The zero-order chi connectivity index (χ0) is 59.7. The minimum absolute atomic E-state index is 0.946. The Hall–Kier alpha value is -12.0. The van der Waals surface area contributed by atoms with Gasteiger partial charge < -0.3 is 0 Å². The molecule has 4 heteroatoms. The fourth-order valence-corrected chi connectivity index (χ4v) is 12.9. The molecule has 0 fully saturated rings. The lowest BCUT2D eigenvalue weighted by Crippen LogP contribution is -1.94. The van der Waals surface area contributed by atoms with Gasteiger partial charge in [0.15, 0.2) is 0 Å². The first-order chi connectivity index (χ1) is 44.6. The first kappa shape index (κ1) is 53.5. The van der Waals surface area contributed by atoms with E-state index in [0.29, 0.717) is 0 Å². The molecule has 4 heterocycles. The summed E-state index contributed by atoms with van der Waals surface area (Å²) in [4.78, 5) is 20.4. The molecule has 420 valence electrons. The second-order valence-electron chi connectivity index (χ2n) is 22.8. The molecule has 0 aliphatic heterocycles. The molecule has 0 N–H and O–H groups in total. The highest BCUT2D eigenvalue weighted by atomic mass is 14.7. The summed E-state index contributed by atoms with van der Waals surface area (Å²) in [5.74, 6) is 0. The van der Waals surface area contributed by atoms with E-state index in [9.17, 15) is 0 Å². The van der Waals surface area contributed by atoms with Crippen molar-refractivity contribution in [2.45, 2.75) is 0 Å². The van der Waals surface area contributed by atoms with Crippen molar-refractivity contribution in [1.29, 1.82) is 0 Å². The van der Waals surface area contributed by atoms with Crippen LogP contribution in [-0.4, -0.2) is 19.9 Å². The maximum atomic E-state index is 5.38. The smallest absolute Gasteiger partial charge is 0.0794 e. The third-order valence-electron chi connectivity index (χ3n) is 17.4. The van der Waals surface area contributed by atoms with E-state index in [2.05, 4.69) is 327 Å². The van der Waals surface area contributed by atoms with Crippen LogP contribution in [0.15, 0.2) is 340 Å². The molecule has 0 bridgehead atoms. The molecular formula is C86H56N4. The maximum absolute atomic E-state index is 5.38. The van der Waals surface area contributed by atoms with Crippen molar-refractivity contribution in [3.8, 4) is 101 Å². The first-order valence-corrected chi connectivity index (χ1v) is 30.6. The summed E-state index contributed by atoms with van der Waals surface area (Å²) in [6, 6.07) is 118. The summed E-state index contributed by atoms with van der Waals surface area (Å²) in [5.41, 5.74) is 24.3. The SMILES string of the molecule is c1ccc(-c2cc(-c3ccc(-c4cc(-c5ccccc5)c5cc(-c6ccccc6)c6ccccc6c5n4)cc3)nc3ccccc23)cc1.c1ccc(-c2cc3c(-c4ccccc4)cc(-c4ccc(-c5cnc6ccccc6c5)cc4)nc3c3ccccc23)cc1. The quantitative estimate of drug-likeness (QED) is 0.135. The second-order valence-corrected chi connectivity index (χ2v) is 22.8. The predicted octanol–water partition coefficient (Wildman–Crippen LogP) is 22.9. The van der Waals surface area contributed by atoms with E-state index < -0.39 is 0 Å². The fourth-order valence-electron chi connectivity index (χ4n) is 12.9. The lowest BCUT2D eigenvalue weighted by atomic mass is 9.91. The van der Waals surface area contributed by atoms with Gasteiger partial charge in [-0.1, -0.05) is 285 Å². The van der Waals surface area contributed by atoms with E-state index in [1.165, 1.54) is 66.4 Å². The van der Waals surface area contributed by atoms with Crippen molar-refractivity contribution < 1.29 is 0 Å². The van der Waals surface area contributed by atoms with Gasteiger partial charge in [-0.25, -0.2) is 15.0 Å². The molecule has 0 atom stereocenters. The number of hydrogen-bond acceptors (Lipinski definition) is 4. The van der Waals surface area contributed by atoms with Gasteiger partial charge in [-0.15, -0.1) is 0 Å². The maximum Gasteiger partial charge on any atom is 0.0794 e. The third kappa shape index (κ3) is 10.2. The van der Waals surface area contributed by atoms with E-state index in [1.54, 1.807) is 0 Å². The van der Waals surface area contributed by atoms with E-state index in [-0.39, 0.29) is 0 Å². The van der Waals surface area contributed by atoms with Crippen molar-refractivity contribution in [3.05, 3.63) is 340 Å². The Balaban J connectivity index is 0.000000145. The van der Waals surface area contributed by atoms with Gasteiger partial charge in [0.25, 0.3) is 0 Å². The Morgan fingerprint density at radius 2 is 0.489 bits per heavy atom. The first-order valence-electron chi connectivity index (χ1n) is 30.6. The van der Waals surface area contributed by atoms with Crippen molar-refractivity contribution in [1.82, 2.24) is 19.9 Å². The Morgan fingerprint density at radius 1 is 0.178 bits per heavy atom.